The summed E-state index contributed by atoms with van der Waals surface area (Å²) in [6, 6.07) is 11.3. The average Bonchev–Trinajstić information content (AvgIpc) is 2.71. The molecule has 0 aliphatic rings. The van der Waals surface area contributed by atoms with Crippen molar-refractivity contribution < 1.29 is 14.6 Å². The fraction of sp³-hybridized carbons (Fsp3) is 0.0667. The standard InChI is InChI=1S/C15H12FNO2/c1-9-7-11-13(3-2-4-14(11)18)17(9)10-5-6-15(19)12(16)8-10/h2-8,18-19H,1H3. The summed E-state index contributed by atoms with van der Waals surface area (Å²) >= 11 is 0. The number of nitrogens with zero attached hydrogens (tertiary/aromatic N) is 1. The number of hydrogen-bond donors (Lipinski definition) is 2. The van der Waals surface area contributed by atoms with Crippen LogP contribution in [0, 0.1) is 12.7 Å². The van der Waals surface area contributed by atoms with Crippen LogP contribution in [-0.4, -0.2) is 14.8 Å². The van der Waals surface area contributed by atoms with Gasteiger partial charge in [-0.15, -0.1) is 0 Å². The van der Waals surface area contributed by atoms with Crippen LogP contribution in [0.4, 0.5) is 4.39 Å². The molecule has 0 fully saturated rings. The molecule has 0 amide bonds. The second-order valence-electron chi connectivity index (χ2n) is 4.47. The number of aromatic nitrogens is 1. The van der Waals surface area contributed by atoms with Gasteiger partial charge < -0.3 is 14.8 Å². The minimum atomic E-state index is -0.668. The van der Waals surface area contributed by atoms with Gasteiger partial charge in [-0.25, -0.2) is 4.39 Å². The number of halogens is 1. The highest BCUT2D eigenvalue weighted by atomic mass is 19.1. The quantitative estimate of drug-likeness (QED) is 0.701. The third-order valence-electron chi connectivity index (χ3n) is 3.20. The van der Waals surface area contributed by atoms with Crippen molar-refractivity contribution in [1.29, 1.82) is 0 Å². The average molecular weight is 257 g/mol. The molecule has 96 valence electrons. The summed E-state index contributed by atoms with van der Waals surface area (Å²) in [7, 11) is 0. The molecule has 0 atom stereocenters. The van der Waals surface area contributed by atoms with Crippen LogP contribution < -0.4 is 0 Å². The lowest BCUT2D eigenvalue weighted by Gasteiger charge is -2.09. The Hall–Kier alpha value is -2.49. The lowest BCUT2D eigenvalue weighted by atomic mass is 10.2. The first-order valence-electron chi connectivity index (χ1n) is 5.87. The number of aromatic hydroxyl groups is 2. The second kappa shape index (κ2) is 4.02. The van der Waals surface area contributed by atoms with Crippen molar-refractivity contribution in [1.82, 2.24) is 4.57 Å². The molecule has 2 N–H and O–H groups in total. The van der Waals surface area contributed by atoms with E-state index in [0.717, 1.165) is 11.2 Å². The Morgan fingerprint density at radius 3 is 2.53 bits per heavy atom. The third-order valence-corrected chi connectivity index (χ3v) is 3.20. The zero-order valence-corrected chi connectivity index (χ0v) is 10.3. The predicted octanol–water partition coefficient (Wildman–Crippen LogP) is 3.49. The maximum absolute atomic E-state index is 13.5. The molecule has 1 heterocycles. The number of hydrogen-bond acceptors (Lipinski definition) is 2. The first-order chi connectivity index (χ1) is 9.08. The molecule has 3 nitrogen and oxygen atoms in total. The van der Waals surface area contributed by atoms with Gasteiger partial charge in [0.2, 0.25) is 0 Å². The number of phenols is 2. The smallest absolute Gasteiger partial charge is 0.166 e. The molecule has 4 heteroatoms. The molecule has 0 saturated heterocycles. The van der Waals surface area contributed by atoms with E-state index in [0.29, 0.717) is 11.1 Å². The summed E-state index contributed by atoms with van der Waals surface area (Å²) in [6.45, 7) is 1.88. The van der Waals surface area contributed by atoms with E-state index in [4.69, 9.17) is 0 Å². The maximum atomic E-state index is 13.5. The molecule has 0 bridgehead atoms. The minimum absolute atomic E-state index is 0.193. The Morgan fingerprint density at radius 2 is 1.79 bits per heavy atom. The summed E-state index contributed by atoms with van der Waals surface area (Å²) in [6.07, 6.45) is 0. The lowest BCUT2D eigenvalue weighted by Crippen LogP contribution is -1.96. The van der Waals surface area contributed by atoms with E-state index in [-0.39, 0.29) is 11.5 Å². The summed E-state index contributed by atoms with van der Waals surface area (Å²) in [4.78, 5) is 0. The van der Waals surface area contributed by atoms with Gasteiger partial charge in [-0.3, -0.25) is 0 Å². The topological polar surface area (TPSA) is 45.4 Å². The fourth-order valence-corrected chi connectivity index (χ4v) is 2.33. The Labute approximate surface area is 109 Å². The number of benzene rings is 2. The minimum Gasteiger partial charge on any atom is -0.507 e. The molecule has 1 aromatic heterocycles. The monoisotopic (exact) mass is 257 g/mol. The van der Waals surface area contributed by atoms with E-state index in [1.165, 1.54) is 12.1 Å². The van der Waals surface area contributed by atoms with Crippen molar-refractivity contribution in [3.8, 4) is 17.2 Å². The van der Waals surface area contributed by atoms with Crippen LogP contribution in [0.3, 0.4) is 0 Å². The molecule has 3 rings (SSSR count). The lowest BCUT2D eigenvalue weighted by molar-refractivity contribution is 0.432. The van der Waals surface area contributed by atoms with E-state index < -0.39 is 5.82 Å². The molecule has 0 radical (unpaired) electrons. The van der Waals surface area contributed by atoms with Crippen LogP contribution in [0.5, 0.6) is 11.5 Å². The van der Waals surface area contributed by atoms with Gasteiger partial charge in [0, 0.05) is 22.8 Å². The first-order valence-corrected chi connectivity index (χ1v) is 5.87. The van der Waals surface area contributed by atoms with E-state index in [1.807, 2.05) is 23.6 Å². The zero-order chi connectivity index (χ0) is 13.6. The second-order valence-corrected chi connectivity index (χ2v) is 4.47. The van der Waals surface area contributed by atoms with Crippen LogP contribution in [0.2, 0.25) is 0 Å². The van der Waals surface area contributed by atoms with Gasteiger partial charge in [0.1, 0.15) is 5.75 Å². The molecular formula is C15H12FNO2. The van der Waals surface area contributed by atoms with Gasteiger partial charge in [-0.05, 0) is 37.3 Å². The van der Waals surface area contributed by atoms with Crippen LogP contribution in [0.15, 0.2) is 42.5 Å². The Bertz CT molecular complexity index is 777. The Morgan fingerprint density at radius 1 is 1.00 bits per heavy atom. The fourth-order valence-electron chi connectivity index (χ4n) is 2.33. The molecule has 19 heavy (non-hydrogen) atoms. The number of phenolic OH excluding ortho intramolecular Hbond substituents is 2. The van der Waals surface area contributed by atoms with Crippen molar-refractivity contribution in [3.05, 3.63) is 54.0 Å². The van der Waals surface area contributed by atoms with Gasteiger partial charge in [0.15, 0.2) is 11.6 Å². The molecule has 3 aromatic rings. The molecule has 2 aromatic carbocycles. The predicted molar refractivity (Wildman–Crippen MR) is 71.3 cm³/mol. The van der Waals surface area contributed by atoms with E-state index in [9.17, 15) is 14.6 Å². The molecule has 0 aliphatic carbocycles. The van der Waals surface area contributed by atoms with Crippen molar-refractivity contribution in [3.63, 3.8) is 0 Å². The van der Waals surface area contributed by atoms with E-state index >= 15 is 0 Å². The number of fused-ring (bicyclic) bond motifs is 1. The van der Waals surface area contributed by atoms with Gasteiger partial charge in [0.05, 0.1) is 5.52 Å². The zero-order valence-electron chi connectivity index (χ0n) is 10.3. The summed E-state index contributed by atoms with van der Waals surface area (Å²) in [5, 5.41) is 19.8. The van der Waals surface area contributed by atoms with Gasteiger partial charge in [-0.2, -0.15) is 0 Å². The largest absolute Gasteiger partial charge is 0.507 e. The Kier molecular flexibility index (Phi) is 2.45. The highest BCUT2D eigenvalue weighted by Gasteiger charge is 2.11. The molecule has 0 saturated carbocycles. The SMILES string of the molecule is Cc1cc2c(O)cccc2n1-c1ccc(O)c(F)c1. The van der Waals surface area contributed by atoms with Crippen molar-refractivity contribution in [2.45, 2.75) is 6.92 Å². The number of rotatable bonds is 1. The summed E-state index contributed by atoms with van der Waals surface area (Å²) in [5.74, 6) is -0.849. The van der Waals surface area contributed by atoms with Crippen LogP contribution in [-0.2, 0) is 0 Å². The van der Waals surface area contributed by atoms with Gasteiger partial charge in [0.25, 0.3) is 0 Å². The van der Waals surface area contributed by atoms with Crippen molar-refractivity contribution in [2.75, 3.05) is 0 Å². The highest BCUT2D eigenvalue weighted by molar-refractivity contribution is 5.88. The Balaban J connectivity index is 2.33. The molecule has 0 unspecified atom stereocenters. The third kappa shape index (κ3) is 1.73. The van der Waals surface area contributed by atoms with Crippen LogP contribution >= 0.6 is 0 Å². The maximum Gasteiger partial charge on any atom is 0.166 e. The normalized spacial score (nSPS) is 11.1. The van der Waals surface area contributed by atoms with Crippen LogP contribution in [0.1, 0.15) is 5.69 Å². The van der Waals surface area contributed by atoms with Gasteiger partial charge >= 0.3 is 0 Å². The van der Waals surface area contributed by atoms with Crippen LogP contribution in [0.25, 0.3) is 16.6 Å². The van der Waals surface area contributed by atoms with Crippen molar-refractivity contribution in [2.24, 2.45) is 0 Å². The summed E-state index contributed by atoms with van der Waals surface area (Å²) in [5.41, 5.74) is 2.28. The highest BCUT2D eigenvalue weighted by Crippen LogP contribution is 2.31. The van der Waals surface area contributed by atoms with Gasteiger partial charge in [-0.1, -0.05) is 6.07 Å². The first kappa shape index (κ1) is 11.6. The van der Waals surface area contributed by atoms with Crippen molar-refractivity contribution >= 4 is 10.9 Å². The molecule has 0 spiro atoms. The number of aryl methyl sites for hydroxylation is 1. The van der Waals surface area contributed by atoms with E-state index in [1.54, 1.807) is 18.2 Å². The van der Waals surface area contributed by atoms with E-state index in [2.05, 4.69) is 0 Å². The summed E-state index contributed by atoms with van der Waals surface area (Å²) < 4.78 is 15.3. The molecular weight excluding hydrogens is 245 g/mol. The molecule has 0 aliphatic heterocycles.